The number of nitrogens with one attached hydrogen (secondary N) is 1. The molecule has 92 valence electrons. The molecule has 1 heterocycles. The van der Waals surface area contributed by atoms with E-state index in [0.29, 0.717) is 11.6 Å². The maximum Gasteiger partial charge on any atom is 0.0545 e. The second-order valence-electron chi connectivity index (χ2n) is 4.87. The number of hydrogen-bond donors (Lipinski definition) is 1. The molecule has 2 atom stereocenters. The number of thioether (sulfide) groups is 1. The van der Waals surface area contributed by atoms with Crippen LogP contribution in [0.4, 0.5) is 0 Å². The molecule has 1 aliphatic heterocycles. The first-order chi connectivity index (χ1) is 7.61. The van der Waals surface area contributed by atoms with Crippen molar-refractivity contribution in [1.29, 1.82) is 0 Å². The Kier molecular flexibility index (Phi) is 5.68. The molecule has 2 unspecified atom stereocenters. The molecule has 0 aliphatic carbocycles. The summed E-state index contributed by atoms with van der Waals surface area (Å²) in [4.78, 5) is 2.59. The SMILES string of the molecule is C#CCSCCN1CC(C)(CC)NCC1C. The maximum atomic E-state index is 5.25. The van der Waals surface area contributed by atoms with Gasteiger partial charge in [-0.15, -0.1) is 18.2 Å². The molecule has 16 heavy (non-hydrogen) atoms. The van der Waals surface area contributed by atoms with Gasteiger partial charge in [0.2, 0.25) is 0 Å². The molecular weight excluding hydrogens is 216 g/mol. The van der Waals surface area contributed by atoms with Crippen molar-refractivity contribution >= 4 is 11.8 Å². The molecule has 1 fully saturated rings. The number of nitrogens with zero attached hydrogens (tertiary/aromatic N) is 1. The van der Waals surface area contributed by atoms with Crippen molar-refractivity contribution in [1.82, 2.24) is 10.2 Å². The summed E-state index contributed by atoms with van der Waals surface area (Å²) in [6.45, 7) is 10.3. The summed E-state index contributed by atoms with van der Waals surface area (Å²) in [5, 5.41) is 3.65. The van der Waals surface area contributed by atoms with Crippen LogP contribution in [0.15, 0.2) is 0 Å². The molecule has 0 aromatic carbocycles. The van der Waals surface area contributed by atoms with Crippen LogP contribution in [-0.2, 0) is 0 Å². The summed E-state index contributed by atoms with van der Waals surface area (Å²) in [6.07, 6.45) is 6.43. The van der Waals surface area contributed by atoms with Crippen LogP contribution in [0.3, 0.4) is 0 Å². The number of piperazine rings is 1. The molecule has 1 aliphatic rings. The fraction of sp³-hybridized carbons (Fsp3) is 0.846. The molecule has 0 aromatic rings. The van der Waals surface area contributed by atoms with Gasteiger partial charge in [0.05, 0.1) is 5.75 Å². The predicted octanol–water partition coefficient (Wildman–Crippen LogP) is 1.82. The van der Waals surface area contributed by atoms with Crippen LogP contribution in [0.25, 0.3) is 0 Å². The van der Waals surface area contributed by atoms with Crippen molar-refractivity contribution in [2.24, 2.45) is 0 Å². The highest BCUT2D eigenvalue weighted by molar-refractivity contribution is 7.99. The fourth-order valence-electron chi connectivity index (χ4n) is 2.03. The Balaban J connectivity index is 2.35. The van der Waals surface area contributed by atoms with Gasteiger partial charge in [0.25, 0.3) is 0 Å². The lowest BCUT2D eigenvalue weighted by Crippen LogP contribution is -2.62. The summed E-state index contributed by atoms with van der Waals surface area (Å²) in [6, 6.07) is 0.645. The van der Waals surface area contributed by atoms with E-state index in [1.807, 2.05) is 11.8 Å². The van der Waals surface area contributed by atoms with Crippen LogP contribution in [-0.4, -0.2) is 47.6 Å². The molecule has 0 bridgehead atoms. The Hall–Kier alpha value is -0.170. The van der Waals surface area contributed by atoms with Gasteiger partial charge in [-0.05, 0) is 20.3 Å². The summed E-state index contributed by atoms with van der Waals surface area (Å²) < 4.78 is 0. The minimum Gasteiger partial charge on any atom is -0.309 e. The predicted molar refractivity (Wildman–Crippen MR) is 73.9 cm³/mol. The van der Waals surface area contributed by atoms with E-state index < -0.39 is 0 Å². The smallest absolute Gasteiger partial charge is 0.0545 e. The van der Waals surface area contributed by atoms with E-state index in [1.54, 1.807) is 0 Å². The highest BCUT2D eigenvalue weighted by Crippen LogP contribution is 2.18. The minimum absolute atomic E-state index is 0.295. The largest absolute Gasteiger partial charge is 0.309 e. The maximum absolute atomic E-state index is 5.25. The first-order valence-electron chi connectivity index (χ1n) is 6.11. The summed E-state index contributed by atoms with van der Waals surface area (Å²) >= 11 is 1.86. The molecule has 1 saturated heterocycles. The first-order valence-corrected chi connectivity index (χ1v) is 7.27. The highest BCUT2D eigenvalue weighted by atomic mass is 32.2. The van der Waals surface area contributed by atoms with E-state index in [4.69, 9.17) is 6.42 Å². The van der Waals surface area contributed by atoms with Gasteiger partial charge in [0.1, 0.15) is 0 Å². The van der Waals surface area contributed by atoms with Crippen LogP contribution in [0.1, 0.15) is 27.2 Å². The average Bonchev–Trinajstić information content (AvgIpc) is 2.29. The monoisotopic (exact) mass is 240 g/mol. The molecule has 0 spiro atoms. The minimum atomic E-state index is 0.295. The summed E-state index contributed by atoms with van der Waals surface area (Å²) in [5.41, 5.74) is 0.295. The molecule has 0 aromatic heterocycles. The van der Waals surface area contributed by atoms with Crippen molar-refractivity contribution in [2.75, 3.05) is 31.1 Å². The van der Waals surface area contributed by atoms with Crippen LogP contribution in [0.5, 0.6) is 0 Å². The molecule has 0 radical (unpaired) electrons. The van der Waals surface area contributed by atoms with Gasteiger partial charge in [-0.1, -0.05) is 12.8 Å². The van der Waals surface area contributed by atoms with Gasteiger partial charge in [-0.25, -0.2) is 0 Å². The third-order valence-electron chi connectivity index (χ3n) is 3.49. The van der Waals surface area contributed by atoms with Gasteiger partial charge in [0, 0.05) is 37.0 Å². The second kappa shape index (κ2) is 6.54. The third kappa shape index (κ3) is 4.01. The molecule has 0 amide bonds. The van der Waals surface area contributed by atoms with E-state index >= 15 is 0 Å². The lowest BCUT2D eigenvalue weighted by atomic mass is 9.94. The van der Waals surface area contributed by atoms with Crippen LogP contribution < -0.4 is 5.32 Å². The van der Waals surface area contributed by atoms with Crippen LogP contribution in [0.2, 0.25) is 0 Å². The Labute approximate surface area is 105 Å². The normalized spacial score (nSPS) is 31.2. The molecular formula is C13H24N2S. The molecule has 0 saturated carbocycles. The van der Waals surface area contributed by atoms with Crippen molar-refractivity contribution in [2.45, 2.75) is 38.8 Å². The zero-order chi connectivity index (χ0) is 12.0. The van der Waals surface area contributed by atoms with E-state index in [2.05, 4.69) is 36.9 Å². The van der Waals surface area contributed by atoms with Crippen LogP contribution >= 0.6 is 11.8 Å². The zero-order valence-corrected chi connectivity index (χ0v) is 11.6. The van der Waals surface area contributed by atoms with Gasteiger partial charge in [-0.3, -0.25) is 4.90 Å². The van der Waals surface area contributed by atoms with Crippen molar-refractivity contribution in [3.8, 4) is 12.3 Å². The van der Waals surface area contributed by atoms with Gasteiger partial charge in [-0.2, -0.15) is 0 Å². The fourth-order valence-corrected chi connectivity index (χ4v) is 2.66. The van der Waals surface area contributed by atoms with Crippen molar-refractivity contribution in [3.63, 3.8) is 0 Å². The molecule has 1 N–H and O–H groups in total. The van der Waals surface area contributed by atoms with Crippen LogP contribution in [0, 0.1) is 12.3 Å². The lowest BCUT2D eigenvalue weighted by Gasteiger charge is -2.45. The highest BCUT2D eigenvalue weighted by Gasteiger charge is 2.31. The Morgan fingerprint density at radius 3 is 3.00 bits per heavy atom. The van der Waals surface area contributed by atoms with E-state index in [9.17, 15) is 0 Å². The summed E-state index contributed by atoms with van der Waals surface area (Å²) in [5.74, 6) is 4.66. The van der Waals surface area contributed by atoms with E-state index in [-0.39, 0.29) is 0 Å². The number of terminal acetylenes is 1. The van der Waals surface area contributed by atoms with Crippen molar-refractivity contribution < 1.29 is 0 Å². The van der Waals surface area contributed by atoms with Gasteiger partial charge >= 0.3 is 0 Å². The topological polar surface area (TPSA) is 15.3 Å². The summed E-state index contributed by atoms with van der Waals surface area (Å²) in [7, 11) is 0. The Morgan fingerprint density at radius 2 is 2.38 bits per heavy atom. The Bertz CT molecular complexity index is 249. The quantitative estimate of drug-likeness (QED) is 0.583. The second-order valence-corrected chi connectivity index (χ2v) is 5.98. The van der Waals surface area contributed by atoms with Crippen molar-refractivity contribution in [3.05, 3.63) is 0 Å². The molecule has 2 nitrogen and oxygen atoms in total. The first kappa shape index (κ1) is 13.9. The van der Waals surface area contributed by atoms with E-state index in [0.717, 1.165) is 31.1 Å². The standard InChI is InChI=1S/C13H24N2S/c1-5-8-16-9-7-15-11-13(4,6-2)14-10-12(15)3/h1,12,14H,6-11H2,2-4H3. The third-order valence-corrected chi connectivity index (χ3v) is 4.33. The molecule has 1 rings (SSSR count). The average molecular weight is 240 g/mol. The van der Waals surface area contributed by atoms with Gasteiger partial charge in [0.15, 0.2) is 0 Å². The van der Waals surface area contributed by atoms with E-state index in [1.165, 1.54) is 6.42 Å². The zero-order valence-electron chi connectivity index (χ0n) is 10.8. The van der Waals surface area contributed by atoms with Gasteiger partial charge < -0.3 is 5.32 Å². The molecule has 3 heteroatoms. The number of hydrogen-bond acceptors (Lipinski definition) is 3. The Morgan fingerprint density at radius 1 is 1.62 bits per heavy atom. The number of rotatable bonds is 5. The lowest BCUT2D eigenvalue weighted by molar-refractivity contribution is 0.0997.